The lowest BCUT2D eigenvalue weighted by Gasteiger charge is -1.94. The average Bonchev–Trinajstić information content (AvgIpc) is 2.17. The topological polar surface area (TPSA) is 39.2 Å². The van der Waals surface area contributed by atoms with Gasteiger partial charge in [0.05, 0.1) is 11.6 Å². The largest absolute Gasteiger partial charge is 0.456 e. The summed E-state index contributed by atoms with van der Waals surface area (Å²) in [7, 11) is 0. The average molecular weight is 228 g/mol. The van der Waals surface area contributed by atoms with Gasteiger partial charge in [-0.05, 0) is 18.9 Å². The molecule has 1 aromatic heterocycles. The van der Waals surface area contributed by atoms with E-state index in [2.05, 4.69) is 21.6 Å². The second-order valence-corrected chi connectivity index (χ2v) is 2.89. The number of carbonyl (C=O) groups is 1. The van der Waals surface area contributed by atoms with Gasteiger partial charge in [-0.25, -0.2) is 14.2 Å². The van der Waals surface area contributed by atoms with Crippen molar-refractivity contribution in [3.8, 4) is 11.8 Å². The normalized spacial score (nSPS) is 9.00. The van der Waals surface area contributed by atoms with Crippen LogP contribution in [0.15, 0.2) is 12.3 Å². The molecule has 1 heterocycles. The number of pyridine rings is 1. The Morgan fingerprint density at radius 3 is 3.07 bits per heavy atom. The van der Waals surface area contributed by atoms with E-state index in [1.54, 1.807) is 6.92 Å². The van der Waals surface area contributed by atoms with Gasteiger partial charge in [0, 0.05) is 12.1 Å². The minimum absolute atomic E-state index is 0.132. The Morgan fingerprint density at radius 2 is 2.47 bits per heavy atom. The SMILES string of the molecule is CCOC(=O)C#Cc1ncc(Cl)cc1F. The number of ether oxygens (including phenoxy) is 1. The molecule has 1 aromatic rings. The van der Waals surface area contributed by atoms with Crippen molar-refractivity contribution in [2.24, 2.45) is 0 Å². The minimum Gasteiger partial charge on any atom is -0.456 e. The van der Waals surface area contributed by atoms with Crippen LogP contribution < -0.4 is 0 Å². The number of carbonyl (C=O) groups excluding carboxylic acids is 1. The molecule has 0 aliphatic heterocycles. The number of nitrogens with zero attached hydrogens (tertiary/aromatic N) is 1. The zero-order chi connectivity index (χ0) is 11.3. The summed E-state index contributed by atoms with van der Waals surface area (Å²) < 4.78 is 17.6. The summed E-state index contributed by atoms with van der Waals surface area (Å²) in [4.78, 5) is 14.4. The van der Waals surface area contributed by atoms with Gasteiger partial charge in [-0.3, -0.25) is 0 Å². The lowest BCUT2D eigenvalue weighted by atomic mass is 10.3. The van der Waals surface area contributed by atoms with Crippen molar-refractivity contribution < 1.29 is 13.9 Å². The van der Waals surface area contributed by atoms with Crippen molar-refractivity contribution in [3.63, 3.8) is 0 Å². The van der Waals surface area contributed by atoms with Gasteiger partial charge < -0.3 is 4.74 Å². The van der Waals surface area contributed by atoms with Crippen LogP contribution in [0.4, 0.5) is 4.39 Å². The molecule has 0 atom stereocenters. The monoisotopic (exact) mass is 227 g/mol. The molecule has 0 aromatic carbocycles. The van der Waals surface area contributed by atoms with Crippen LogP contribution in [0.5, 0.6) is 0 Å². The molecule has 0 N–H and O–H groups in total. The summed E-state index contributed by atoms with van der Waals surface area (Å²) in [5.74, 6) is 2.98. The molecular formula is C10H7ClFNO2. The highest BCUT2D eigenvalue weighted by Crippen LogP contribution is 2.10. The summed E-state index contributed by atoms with van der Waals surface area (Å²) in [5.41, 5.74) is -0.132. The van der Waals surface area contributed by atoms with E-state index in [1.165, 1.54) is 6.20 Å². The summed E-state index contributed by atoms with van der Waals surface area (Å²) >= 11 is 5.49. The summed E-state index contributed by atoms with van der Waals surface area (Å²) in [6, 6.07) is 1.07. The van der Waals surface area contributed by atoms with E-state index in [1.807, 2.05) is 0 Å². The van der Waals surface area contributed by atoms with E-state index in [-0.39, 0.29) is 17.3 Å². The Balaban J connectivity index is 2.84. The molecule has 1 rings (SSSR count). The van der Waals surface area contributed by atoms with E-state index in [9.17, 15) is 9.18 Å². The van der Waals surface area contributed by atoms with Crippen LogP contribution in [0.1, 0.15) is 12.6 Å². The van der Waals surface area contributed by atoms with Crippen molar-refractivity contribution in [2.75, 3.05) is 6.61 Å². The Kier molecular flexibility index (Phi) is 4.07. The maximum absolute atomic E-state index is 13.1. The van der Waals surface area contributed by atoms with Crippen LogP contribution in [0.3, 0.4) is 0 Å². The number of esters is 1. The van der Waals surface area contributed by atoms with Gasteiger partial charge in [0.1, 0.15) is 5.69 Å². The smallest absolute Gasteiger partial charge is 0.384 e. The maximum atomic E-state index is 13.1. The molecule has 0 saturated carbocycles. The van der Waals surface area contributed by atoms with E-state index >= 15 is 0 Å². The van der Waals surface area contributed by atoms with Crippen LogP contribution in [0, 0.1) is 17.7 Å². The van der Waals surface area contributed by atoms with E-state index in [0.717, 1.165) is 6.07 Å². The third-order valence-electron chi connectivity index (χ3n) is 1.37. The van der Waals surface area contributed by atoms with E-state index < -0.39 is 11.8 Å². The van der Waals surface area contributed by atoms with Crippen LogP contribution in [0.25, 0.3) is 0 Å². The highest BCUT2D eigenvalue weighted by atomic mass is 35.5. The van der Waals surface area contributed by atoms with Crippen molar-refractivity contribution in [2.45, 2.75) is 6.92 Å². The number of hydrogen-bond donors (Lipinski definition) is 0. The molecule has 0 radical (unpaired) electrons. The third-order valence-corrected chi connectivity index (χ3v) is 1.57. The molecule has 0 fully saturated rings. The number of rotatable bonds is 1. The molecule has 0 aliphatic rings. The fourth-order valence-corrected chi connectivity index (χ4v) is 0.929. The fourth-order valence-electron chi connectivity index (χ4n) is 0.784. The van der Waals surface area contributed by atoms with Crippen LogP contribution in [0.2, 0.25) is 5.02 Å². The molecule has 5 heteroatoms. The fraction of sp³-hybridized carbons (Fsp3) is 0.200. The predicted molar refractivity (Wildman–Crippen MR) is 52.7 cm³/mol. The first-order valence-electron chi connectivity index (χ1n) is 4.13. The Labute approximate surface area is 91.2 Å². The minimum atomic E-state index is -0.714. The summed E-state index contributed by atoms with van der Waals surface area (Å²) in [6.07, 6.45) is 1.25. The highest BCUT2D eigenvalue weighted by molar-refractivity contribution is 6.30. The van der Waals surface area contributed by atoms with E-state index in [0.29, 0.717) is 0 Å². The molecule has 78 valence electrons. The van der Waals surface area contributed by atoms with Crippen molar-refractivity contribution in [3.05, 3.63) is 28.8 Å². The summed E-state index contributed by atoms with van der Waals surface area (Å²) in [5, 5.41) is 0.175. The molecule has 0 saturated heterocycles. The van der Waals surface area contributed by atoms with Crippen LogP contribution in [-0.2, 0) is 9.53 Å². The first kappa shape index (κ1) is 11.5. The van der Waals surface area contributed by atoms with E-state index in [4.69, 9.17) is 11.6 Å². The van der Waals surface area contributed by atoms with Crippen LogP contribution in [-0.4, -0.2) is 17.6 Å². The molecule has 15 heavy (non-hydrogen) atoms. The van der Waals surface area contributed by atoms with Crippen molar-refractivity contribution in [1.29, 1.82) is 0 Å². The van der Waals surface area contributed by atoms with Gasteiger partial charge in [-0.15, -0.1) is 0 Å². The molecule has 0 aliphatic carbocycles. The first-order valence-corrected chi connectivity index (χ1v) is 4.51. The quantitative estimate of drug-likeness (QED) is 0.542. The van der Waals surface area contributed by atoms with Crippen molar-refractivity contribution >= 4 is 17.6 Å². The molecule has 0 spiro atoms. The molecule has 0 unspecified atom stereocenters. The standard InChI is InChI=1S/C10H7ClFNO2/c1-2-15-10(14)4-3-9-8(12)5-7(11)6-13-9/h5-6H,2H2,1H3. The zero-order valence-electron chi connectivity index (χ0n) is 7.88. The third kappa shape index (κ3) is 3.56. The van der Waals surface area contributed by atoms with Crippen LogP contribution >= 0.6 is 11.6 Å². The summed E-state index contributed by atoms with van der Waals surface area (Å²) in [6.45, 7) is 1.88. The van der Waals surface area contributed by atoms with Gasteiger partial charge in [0.25, 0.3) is 0 Å². The highest BCUT2D eigenvalue weighted by Gasteiger charge is 2.01. The number of aromatic nitrogens is 1. The Hall–Kier alpha value is -1.60. The number of hydrogen-bond acceptors (Lipinski definition) is 3. The second kappa shape index (κ2) is 5.32. The van der Waals surface area contributed by atoms with Gasteiger partial charge in [-0.2, -0.15) is 0 Å². The van der Waals surface area contributed by atoms with Crippen molar-refractivity contribution in [1.82, 2.24) is 4.98 Å². The first-order chi connectivity index (χ1) is 7.13. The van der Waals surface area contributed by atoms with Gasteiger partial charge in [-0.1, -0.05) is 11.6 Å². The van der Waals surface area contributed by atoms with Gasteiger partial charge in [0.15, 0.2) is 5.82 Å². The number of halogens is 2. The zero-order valence-corrected chi connectivity index (χ0v) is 8.64. The van der Waals surface area contributed by atoms with Gasteiger partial charge in [0.2, 0.25) is 0 Å². The molecule has 0 bridgehead atoms. The molecule has 3 nitrogen and oxygen atoms in total. The molecule has 0 amide bonds. The molecular weight excluding hydrogens is 221 g/mol. The second-order valence-electron chi connectivity index (χ2n) is 2.45. The Bertz CT molecular complexity index is 437. The lowest BCUT2D eigenvalue weighted by Crippen LogP contribution is -2.00. The van der Waals surface area contributed by atoms with Gasteiger partial charge >= 0.3 is 5.97 Å². The maximum Gasteiger partial charge on any atom is 0.384 e. The Morgan fingerprint density at radius 1 is 1.73 bits per heavy atom. The lowest BCUT2D eigenvalue weighted by molar-refractivity contribution is -0.136. The predicted octanol–water partition coefficient (Wildman–Crippen LogP) is 1.79.